The van der Waals surface area contributed by atoms with Crippen molar-refractivity contribution < 1.29 is 14.3 Å². The number of unbranched alkanes of at least 4 members (excludes halogenated alkanes) is 1. The zero-order valence-corrected chi connectivity index (χ0v) is 14.9. The smallest absolute Gasteiger partial charge is 0.251 e. The van der Waals surface area contributed by atoms with E-state index in [4.69, 9.17) is 10.00 Å². The van der Waals surface area contributed by atoms with Crippen molar-refractivity contribution >= 4 is 11.7 Å². The maximum Gasteiger partial charge on any atom is 0.251 e. The molecule has 1 atom stereocenters. The first-order valence-electron chi connectivity index (χ1n) is 8.98. The third-order valence-corrected chi connectivity index (χ3v) is 4.36. The first kappa shape index (κ1) is 18.6. The molecule has 0 radical (unpaired) electrons. The minimum Gasteiger partial charge on any atom is -0.480 e. The number of rotatable bonds is 8. The van der Waals surface area contributed by atoms with Crippen LogP contribution in [0.4, 0.5) is 0 Å². The van der Waals surface area contributed by atoms with E-state index in [1.807, 2.05) is 24.3 Å². The molecular weight excluding hydrogens is 342 g/mol. The molecule has 138 valence electrons. The van der Waals surface area contributed by atoms with Gasteiger partial charge in [0.25, 0.3) is 5.91 Å². The van der Waals surface area contributed by atoms with Crippen LogP contribution in [-0.4, -0.2) is 37.4 Å². The highest BCUT2D eigenvalue weighted by atomic mass is 16.5. The van der Waals surface area contributed by atoms with Crippen molar-refractivity contribution in [1.82, 2.24) is 10.6 Å². The van der Waals surface area contributed by atoms with Gasteiger partial charge in [-0.15, -0.1) is 0 Å². The summed E-state index contributed by atoms with van der Waals surface area (Å²) in [5, 5.41) is 14.9. The second kappa shape index (κ2) is 8.97. The third-order valence-electron chi connectivity index (χ3n) is 4.36. The maximum absolute atomic E-state index is 12.2. The van der Waals surface area contributed by atoms with E-state index in [9.17, 15) is 9.59 Å². The van der Waals surface area contributed by atoms with Gasteiger partial charge < -0.3 is 15.4 Å². The first-order chi connectivity index (χ1) is 13.2. The predicted molar refractivity (Wildman–Crippen MR) is 101 cm³/mol. The van der Waals surface area contributed by atoms with Crippen LogP contribution >= 0.6 is 0 Å². The number of ether oxygens (including phenoxy) is 1. The van der Waals surface area contributed by atoms with Crippen molar-refractivity contribution in [1.29, 1.82) is 5.26 Å². The Labute approximate surface area is 158 Å². The molecule has 0 aliphatic carbocycles. The van der Waals surface area contributed by atoms with Crippen LogP contribution < -0.4 is 15.4 Å². The zero-order valence-electron chi connectivity index (χ0n) is 14.9. The van der Waals surface area contributed by atoms with Gasteiger partial charge in [-0.25, -0.2) is 0 Å². The Hall–Kier alpha value is -3.17. The van der Waals surface area contributed by atoms with Gasteiger partial charge in [0.15, 0.2) is 6.10 Å². The summed E-state index contributed by atoms with van der Waals surface area (Å²) in [5.41, 5.74) is 1.61. The van der Waals surface area contributed by atoms with Crippen LogP contribution in [-0.2, 0) is 0 Å². The molecule has 2 aromatic carbocycles. The fourth-order valence-corrected chi connectivity index (χ4v) is 2.93. The minimum atomic E-state index is -0.463. The van der Waals surface area contributed by atoms with Crippen LogP contribution in [0.15, 0.2) is 48.5 Å². The number of benzene rings is 2. The van der Waals surface area contributed by atoms with Crippen molar-refractivity contribution in [3.63, 3.8) is 0 Å². The lowest BCUT2D eigenvalue weighted by Crippen LogP contribution is -2.34. The highest BCUT2D eigenvalue weighted by Crippen LogP contribution is 2.27. The Bertz CT molecular complexity index is 873. The van der Waals surface area contributed by atoms with Crippen LogP contribution in [0.3, 0.4) is 0 Å². The number of amides is 1. The summed E-state index contributed by atoms with van der Waals surface area (Å²) in [7, 11) is 0. The summed E-state index contributed by atoms with van der Waals surface area (Å²) in [5.74, 6) is 0.491. The van der Waals surface area contributed by atoms with E-state index in [0.717, 1.165) is 19.4 Å². The average molecular weight is 363 g/mol. The van der Waals surface area contributed by atoms with Gasteiger partial charge in [-0.3, -0.25) is 9.59 Å². The largest absolute Gasteiger partial charge is 0.480 e. The summed E-state index contributed by atoms with van der Waals surface area (Å²) in [4.78, 5) is 24.2. The van der Waals surface area contributed by atoms with E-state index in [1.54, 1.807) is 30.3 Å². The van der Waals surface area contributed by atoms with E-state index in [-0.39, 0.29) is 11.7 Å². The van der Waals surface area contributed by atoms with E-state index in [1.165, 1.54) is 0 Å². The molecule has 1 heterocycles. The molecule has 27 heavy (non-hydrogen) atoms. The SMILES string of the molecule is N#Cc1cccc(C(=O)NCCCCNCC2Oc3ccccc3C2=O)c1. The van der Waals surface area contributed by atoms with Crippen LogP contribution in [0.1, 0.15) is 39.1 Å². The Morgan fingerprint density at radius 1 is 1.11 bits per heavy atom. The van der Waals surface area contributed by atoms with E-state index in [0.29, 0.717) is 35.5 Å². The Morgan fingerprint density at radius 2 is 1.93 bits per heavy atom. The number of nitriles is 1. The van der Waals surface area contributed by atoms with Crippen molar-refractivity contribution in [2.45, 2.75) is 18.9 Å². The minimum absolute atomic E-state index is 0.0185. The molecule has 1 amide bonds. The number of Topliss-reactive ketones (excluding diaryl/α,β-unsaturated/α-hetero) is 1. The van der Waals surface area contributed by atoms with Crippen molar-refractivity contribution in [2.24, 2.45) is 0 Å². The second-order valence-corrected chi connectivity index (χ2v) is 6.33. The molecule has 0 spiro atoms. The van der Waals surface area contributed by atoms with Crippen LogP contribution in [0, 0.1) is 11.3 Å². The summed E-state index contributed by atoms with van der Waals surface area (Å²) in [6.07, 6.45) is 1.22. The quantitative estimate of drug-likeness (QED) is 0.702. The van der Waals surface area contributed by atoms with Gasteiger partial charge in [-0.05, 0) is 49.7 Å². The highest BCUT2D eigenvalue weighted by Gasteiger charge is 2.31. The van der Waals surface area contributed by atoms with E-state index >= 15 is 0 Å². The number of fused-ring (bicyclic) bond motifs is 1. The fourth-order valence-electron chi connectivity index (χ4n) is 2.93. The zero-order chi connectivity index (χ0) is 19.1. The van der Waals surface area contributed by atoms with Gasteiger partial charge >= 0.3 is 0 Å². The van der Waals surface area contributed by atoms with Crippen LogP contribution in [0.25, 0.3) is 0 Å². The number of carbonyl (C=O) groups is 2. The van der Waals surface area contributed by atoms with Gasteiger partial charge in [0.2, 0.25) is 5.78 Å². The topological polar surface area (TPSA) is 91.2 Å². The van der Waals surface area contributed by atoms with Gasteiger partial charge in [0, 0.05) is 18.7 Å². The molecule has 3 rings (SSSR count). The number of ketones is 1. The molecule has 2 N–H and O–H groups in total. The van der Waals surface area contributed by atoms with Gasteiger partial charge in [0.1, 0.15) is 5.75 Å². The van der Waals surface area contributed by atoms with E-state index < -0.39 is 6.10 Å². The average Bonchev–Trinajstić information content (AvgIpc) is 3.03. The summed E-state index contributed by atoms with van der Waals surface area (Å²) in [6.45, 7) is 1.77. The van der Waals surface area contributed by atoms with Gasteiger partial charge in [-0.2, -0.15) is 5.26 Å². The van der Waals surface area contributed by atoms with Crippen LogP contribution in [0.5, 0.6) is 5.75 Å². The van der Waals surface area contributed by atoms with Crippen molar-refractivity contribution in [2.75, 3.05) is 19.6 Å². The molecular formula is C21H21N3O3. The second-order valence-electron chi connectivity index (χ2n) is 6.33. The Morgan fingerprint density at radius 3 is 2.74 bits per heavy atom. The molecule has 0 aromatic heterocycles. The lowest BCUT2D eigenvalue weighted by atomic mass is 10.1. The summed E-state index contributed by atoms with van der Waals surface area (Å²) in [6, 6.07) is 15.9. The first-order valence-corrected chi connectivity index (χ1v) is 8.98. The molecule has 6 nitrogen and oxygen atoms in total. The van der Waals surface area contributed by atoms with Crippen molar-refractivity contribution in [3.8, 4) is 11.8 Å². The number of nitrogens with zero attached hydrogens (tertiary/aromatic N) is 1. The van der Waals surface area contributed by atoms with Gasteiger partial charge in [0.05, 0.1) is 17.2 Å². The summed E-state index contributed by atoms with van der Waals surface area (Å²) < 4.78 is 5.65. The monoisotopic (exact) mass is 363 g/mol. The number of hydrogen-bond donors (Lipinski definition) is 2. The molecule has 1 unspecified atom stereocenters. The van der Waals surface area contributed by atoms with Gasteiger partial charge in [-0.1, -0.05) is 18.2 Å². The summed E-state index contributed by atoms with van der Waals surface area (Å²) >= 11 is 0. The number of para-hydroxylation sites is 1. The molecule has 0 saturated carbocycles. The van der Waals surface area contributed by atoms with E-state index in [2.05, 4.69) is 10.6 Å². The normalized spacial score (nSPS) is 14.9. The molecule has 0 bridgehead atoms. The molecule has 0 fully saturated rings. The maximum atomic E-state index is 12.2. The fraction of sp³-hybridized carbons (Fsp3) is 0.286. The van der Waals surface area contributed by atoms with Crippen molar-refractivity contribution in [3.05, 3.63) is 65.2 Å². The Balaban J connectivity index is 1.30. The molecule has 0 saturated heterocycles. The number of nitrogens with one attached hydrogen (secondary N) is 2. The molecule has 2 aromatic rings. The number of hydrogen-bond acceptors (Lipinski definition) is 5. The Kier molecular flexibility index (Phi) is 6.18. The van der Waals surface area contributed by atoms with Crippen LogP contribution in [0.2, 0.25) is 0 Å². The molecule has 1 aliphatic heterocycles. The standard InChI is InChI=1S/C21H21N3O3/c22-13-15-6-5-7-16(12-15)21(26)24-11-4-3-10-23-14-19-20(25)17-8-1-2-9-18(17)27-19/h1-2,5-9,12,19,23H,3-4,10-11,14H2,(H,24,26). The lowest BCUT2D eigenvalue weighted by Gasteiger charge is -2.11. The third kappa shape index (κ3) is 4.72. The number of carbonyl (C=O) groups excluding carboxylic acids is 2. The predicted octanol–water partition coefficient (Wildman–Crippen LogP) is 2.30. The molecule has 6 heteroatoms. The lowest BCUT2D eigenvalue weighted by molar-refractivity contribution is 0.0856. The highest BCUT2D eigenvalue weighted by molar-refractivity contribution is 6.04. The molecule has 1 aliphatic rings.